The zero-order chi connectivity index (χ0) is 19.7. The Morgan fingerprint density at radius 1 is 1.18 bits per heavy atom. The largest absolute Gasteiger partial charge is 0.489 e. The molecule has 1 N–H and O–H groups in total. The van der Waals surface area contributed by atoms with Crippen LogP contribution in [0, 0.1) is 13.8 Å². The van der Waals surface area contributed by atoms with Gasteiger partial charge in [0, 0.05) is 24.2 Å². The Morgan fingerprint density at radius 3 is 2.79 bits per heavy atom. The number of halogens is 1. The first kappa shape index (κ1) is 18.4. The number of nitrogens with zero attached hydrogens (tertiary/aromatic N) is 2. The van der Waals surface area contributed by atoms with Gasteiger partial charge in [0.15, 0.2) is 5.75 Å². The van der Waals surface area contributed by atoms with Crippen LogP contribution in [0.1, 0.15) is 32.6 Å². The standard InChI is InChI=1S/C22H20ClN3O2/c1-13-7-17(12-24-10-13)19-4-3-15(11-26-19)8-16-9-18-21(20(23)14(16)2)28-6-5-25-22(18)27/h3-4,7,9-12H,5-6,8H2,1-2H3,(H,25,27). The molecule has 0 saturated carbocycles. The van der Waals surface area contributed by atoms with Gasteiger partial charge < -0.3 is 10.1 Å². The first-order chi connectivity index (χ1) is 13.5. The van der Waals surface area contributed by atoms with Crippen molar-refractivity contribution in [3.63, 3.8) is 0 Å². The molecule has 28 heavy (non-hydrogen) atoms. The Hall–Kier alpha value is -2.92. The average molecular weight is 394 g/mol. The van der Waals surface area contributed by atoms with Gasteiger partial charge >= 0.3 is 0 Å². The Balaban J connectivity index is 1.64. The molecule has 0 fully saturated rings. The Labute approximate surface area is 168 Å². The SMILES string of the molecule is Cc1cncc(-c2ccc(Cc3cc4c(c(Cl)c3C)OCCNC4=O)cn2)c1. The second kappa shape index (κ2) is 7.60. The number of pyridine rings is 2. The van der Waals surface area contributed by atoms with E-state index < -0.39 is 0 Å². The van der Waals surface area contributed by atoms with Gasteiger partial charge in [-0.05, 0) is 60.7 Å². The molecule has 0 spiro atoms. The molecule has 0 unspecified atom stereocenters. The second-order valence-electron chi connectivity index (χ2n) is 6.94. The van der Waals surface area contributed by atoms with Crippen LogP contribution in [0.25, 0.3) is 11.3 Å². The van der Waals surface area contributed by atoms with Gasteiger partial charge in [-0.2, -0.15) is 0 Å². The third-order valence-electron chi connectivity index (χ3n) is 4.84. The van der Waals surface area contributed by atoms with Crippen LogP contribution in [-0.2, 0) is 6.42 Å². The molecule has 2 aromatic heterocycles. The number of aromatic nitrogens is 2. The normalized spacial score (nSPS) is 13.3. The summed E-state index contributed by atoms with van der Waals surface area (Å²) in [5.74, 6) is 0.314. The molecule has 0 aliphatic carbocycles. The number of aryl methyl sites for hydroxylation is 1. The van der Waals surface area contributed by atoms with Crippen molar-refractivity contribution in [2.24, 2.45) is 0 Å². The minimum absolute atomic E-state index is 0.156. The molecule has 3 heterocycles. The Bertz CT molecular complexity index is 1050. The van der Waals surface area contributed by atoms with Gasteiger partial charge in [0.2, 0.25) is 0 Å². The molecule has 1 aliphatic heterocycles. The average Bonchev–Trinajstić information content (AvgIpc) is 2.88. The molecule has 0 radical (unpaired) electrons. The number of hydrogen-bond donors (Lipinski definition) is 1. The van der Waals surface area contributed by atoms with Crippen molar-refractivity contribution in [1.82, 2.24) is 15.3 Å². The lowest BCUT2D eigenvalue weighted by atomic mass is 9.97. The van der Waals surface area contributed by atoms with Gasteiger partial charge in [0.05, 0.1) is 22.8 Å². The molecule has 142 valence electrons. The minimum atomic E-state index is -0.156. The summed E-state index contributed by atoms with van der Waals surface area (Å²) in [7, 11) is 0. The van der Waals surface area contributed by atoms with Crippen molar-refractivity contribution in [3.8, 4) is 17.0 Å². The summed E-state index contributed by atoms with van der Waals surface area (Å²) in [6.07, 6.45) is 6.12. The highest BCUT2D eigenvalue weighted by Gasteiger charge is 2.22. The number of fused-ring (bicyclic) bond motifs is 1. The van der Waals surface area contributed by atoms with Crippen molar-refractivity contribution < 1.29 is 9.53 Å². The maximum absolute atomic E-state index is 12.3. The van der Waals surface area contributed by atoms with Crippen molar-refractivity contribution >= 4 is 17.5 Å². The van der Waals surface area contributed by atoms with E-state index in [2.05, 4.69) is 21.4 Å². The lowest BCUT2D eigenvalue weighted by Crippen LogP contribution is -2.24. The van der Waals surface area contributed by atoms with E-state index in [1.807, 2.05) is 50.6 Å². The molecule has 0 atom stereocenters. The molecular formula is C22H20ClN3O2. The molecule has 3 aromatic rings. The van der Waals surface area contributed by atoms with Crippen molar-refractivity contribution in [3.05, 3.63) is 75.7 Å². The molecule has 5 nitrogen and oxygen atoms in total. The third kappa shape index (κ3) is 3.58. The summed E-state index contributed by atoms with van der Waals surface area (Å²) < 4.78 is 5.68. The predicted octanol–water partition coefficient (Wildman–Crippen LogP) is 4.13. The van der Waals surface area contributed by atoms with E-state index in [1.54, 1.807) is 0 Å². The van der Waals surface area contributed by atoms with Gasteiger partial charge in [-0.25, -0.2) is 0 Å². The zero-order valence-corrected chi connectivity index (χ0v) is 16.5. The lowest BCUT2D eigenvalue weighted by Gasteiger charge is -2.15. The van der Waals surface area contributed by atoms with Crippen LogP contribution in [-0.4, -0.2) is 29.0 Å². The highest BCUT2D eigenvalue weighted by molar-refractivity contribution is 6.33. The van der Waals surface area contributed by atoms with E-state index in [0.717, 1.165) is 33.5 Å². The van der Waals surface area contributed by atoms with Crippen LogP contribution < -0.4 is 10.1 Å². The number of amides is 1. The van der Waals surface area contributed by atoms with Gasteiger partial charge in [0.1, 0.15) is 6.61 Å². The Morgan fingerprint density at radius 2 is 2.04 bits per heavy atom. The quantitative estimate of drug-likeness (QED) is 0.726. The van der Waals surface area contributed by atoms with E-state index in [4.69, 9.17) is 16.3 Å². The molecule has 1 aromatic carbocycles. The maximum atomic E-state index is 12.3. The summed E-state index contributed by atoms with van der Waals surface area (Å²) in [5, 5.41) is 3.33. The van der Waals surface area contributed by atoms with Gasteiger partial charge in [-0.15, -0.1) is 0 Å². The zero-order valence-electron chi connectivity index (χ0n) is 15.8. The fourth-order valence-electron chi connectivity index (χ4n) is 3.30. The summed E-state index contributed by atoms with van der Waals surface area (Å²) in [6.45, 7) is 4.84. The number of carbonyl (C=O) groups excluding carboxylic acids is 1. The maximum Gasteiger partial charge on any atom is 0.255 e. The van der Waals surface area contributed by atoms with Crippen LogP contribution >= 0.6 is 11.6 Å². The number of rotatable bonds is 3. The fourth-order valence-corrected chi connectivity index (χ4v) is 3.58. The van der Waals surface area contributed by atoms with Crippen LogP contribution in [0.3, 0.4) is 0 Å². The molecule has 6 heteroatoms. The highest BCUT2D eigenvalue weighted by atomic mass is 35.5. The summed E-state index contributed by atoms with van der Waals surface area (Å²) >= 11 is 6.51. The monoisotopic (exact) mass is 393 g/mol. The molecular weight excluding hydrogens is 374 g/mol. The van der Waals surface area contributed by atoms with Crippen LogP contribution in [0.15, 0.2) is 42.9 Å². The number of benzene rings is 1. The van der Waals surface area contributed by atoms with Crippen LogP contribution in [0.5, 0.6) is 5.75 Å². The van der Waals surface area contributed by atoms with Crippen LogP contribution in [0.4, 0.5) is 0 Å². The number of nitrogens with one attached hydrogen (secondary N) is 1. The van der Waals surface area contributed by atoms with E-state index >= 15 is 0 Å². The van der Waals surface area contributed by atoms with Gasteiger partial charge in [-0.3, -0.25) is 14.8 Å². The molecule has 0 saturated heterocycles. The molecule has 4 rings (SSSR count). The van der Waals surface area contributed by atoms with E-state index in [-0.39, 0.29) is 5.91 Å². The highest BCUT2D eigenvalue weighted by Crippen LogP contribution is 2.36. The number of ether oxygens (including phenoxy) is 1. The fraction of sp³-hybridized carbons (Fsp3) is 0.227. The molecule has 1 amide bonds. The van der Waals surface area contributed by atoms with Crippen molar-refractivity contribution in [2.75, 3.05) is 13.2 Å². The first-order valence-electron chi connectivity index (χ1n) is 9.13. The van der Waals surface area contributed by atoms with E-state index in [9.17, 15) is 4.79 Å². The van der Waals surface area contributed by atoms with E-state index in [1.165, 1.54) is 0 Å². The summed E-state index contributed by atoms with van der Waals surface area (Å²) in [5.41, 5.74) is 6.39. The van der Waals surface area contributed by atoms with E-state index in [0.29, 0.717) is 35.9 Å². The van der Waals surface area contributed by atoms with Crippen LogP contribution in [0.2, 0.25) is 5.02 Å². The van der Waals surface area contributed by atoms with Gasteiger partial charge in [-0.1, -0.05) is 17.7 Å². The third-order valence-corrected chi connectivity index (χ3v) is 5.30. The van der Waals surface area contributed by atoms with Gasteiger partial charge in [0.25, 0.3) is 5.91 Å². The number of hydrogen-bond acceptors (Lipinski definition) is 4. The Kier molecular flexibility index (Phi) is 5.01. The lowest BCUT2D eigenvalue weighted by molar-refractivity contribution is 0.0957. The smallest absolute Gasteiger partial charge is 0.255 e. The molecule has 0 bridgehead atoms. The topological polar surface area (TPSA) is 64.1 Å². The predicted molar refractivity (Wildman–Crippen MR) is 109 cm³/mol. The number of carbonyl (C=O) groups is 1. The summed E-state index contributed by atoms with van der Waals surface area (Å²) in [6, 6.07) is 7.96. The van der Waals surface area contributed by atoms with Crippen molar-refractivity contribution in [2.45, 2.75) is 20.3 Å². The minimum Gasteiger partial charge on any atom is -0.489 e. The second-order valence-corrected chi connectivity index (χ2v) is 7.31. The summed E-state index contributed by atoms with van der Waals surface area (Å²) in [4.78, 5) is 21.1. The molecule has 1 aliphatic rings. The van der Waals surface area contributed by atoms with Crippen molar-refractivity contribution in [1.29, 1.82) is 0 Å². The first-order valence-corrected chi connectivity index (χ1v) is 9.50.